The van der Waals surface area contributed by atoms with Crippen molar-refractivity contribution in [3.05, 3.63) is 34.3 Å². The normalized spacial score (nSPS) is 17.6. The summed E-state index contributed by atoms with van der Waals surface area (Å²) >= 11 is 0. The zero-order valence-corrected chi connectivity index (χ0v) is 14.7. The Morgan fingerprint density at radius 2 is 2.08 bits per heavy atom. The molecular formula is C16H22N6O3. The van der Waals surface area contributed by atoms with E-state index in [0.29, 0.717) is 25.2 Å². The Hall–Kier alpha value is -2.71. The van der Waals surface area contributed by atoms with E-state index in [4.69, 9.17) is 4.74 Å². The summed E-state index contributed by atoms with van der Waals surface area (Å²) < 4.78 is 7.95. The second-order valence-electron chi connectivity index (χ2n) is 6.06. The maximum absolute atomic E-state index is 12.7. The standard InChI is InChI=1S/C16H22N6O3/c1-4-22-13(19-20(2)16(22)24)11-6-5-7-21(10-11)14(23)12-8-17-15(25-3)18-9-12/h8-9,11H,4-7,10H2,1-3H3/t11-/m1/s1. The van der Waals surface area contributed by atoms with Crippen molar-refractivity contribution in [2.24, 2.45) is 7.05 Å². The third-order valence-corrected chi connectivity index (χ3v) is 4.48. The van der Waals surface area contributed by atoms with E-state index in [9.17, 15) is 9.59 Å². The molecule has 0 aromatic carbocycles. The number of hydrogen-bond acceptors (Lipinski definition) is 6. The smallest absolute Gasteiger partial charge is 0.345 e. The van der Waals surface area contributed by atoms with Crippen LogP contribution in [0.4, 0.5) is 0 Å². The Bertz CT molecular complexity index is 810. The van der Waals surface area contributed by atoms with Crippen LogP contribution in [0.1, 0.15) is 41.9 Å². The summed E-state index contributed by atoms with van der Waals surface area (Å²) in [5.74, 6) is 0.679. The van der Waals surface area contributed by atoms with E-state index >= 15 is 0 Å². The Morgan fingerprint density at radius 1 is 1.36 bits per heavy atom. The molecule has 25 heavy (non-hydrogen) atoms. The molecule has 1 aliphatic heterocycles. The first kappa shape index (κ1) is 17.1. The van der Waals surface area contributed by atoms with Gasteiger partial charge in [-0.05, 0) is 19.8 Å². The molecule has 2 aromatic rings. The van der Waals surface area contributed by atoms with Gasteiger partial charge in [0.25, 0.3) is 5.91 Å². The first-order valence-corrected chi connectivity index (χ1v) is 8.34. The zero-order valence-electron chi connectivity index (χ0n) is 14.7. The van der Waals surface area contributed by atoms with Gasteiger partial charge in [0.2, 0.25) is 0 Å². The Labute approximate surface area is 145 Å². The van der Waals surface area contributed by atoms with E-state index in [1.54, 1.807) is 16.5 Å². The molecule has 1 atom stereocenters. The number of likely N-dealkylation sites (tertiary alicyclic amines) is 1. The van der Waals surface area contributed by atoms with Crippen LogP contribution in [0.25, 0.3) is 0 Å². The lowest BCUT2D eigenvalue weighted by molar-refractivity contribution is 0.0702. The van der Waals surface area contributed by atoms with Crippen LogP contribution in [0.15, 0.2) is 17.2 Å². The highest BCUT2D eigenvalue weighted by molar-refractivity contribution is 5.93. The first-order chi connectivity index (χ1) is 12.0. The summed E-state index contributed by atoms with van der Waals surface area (Å²) in [4.78, 5) is 34.6. The highest BCUT2D eigenvalue weighted by Crippen LogP contribution is 2.26. The number of rotatable bonds is 4. The Kier molecular flexibility index (Phi) is 4.82. The summed E-state index contributed by atoms with van der Waals surface area (Å²) in [6.45, 7) is 3.69. The monoisotopic (exact) mass is 346 g/mol. The zero-order chi connectivity index (χ0) is 18.0. The number of carbonyl (C=O) groups is 1. The third kappa shape index (κ3) is 3.26. The summed E-state index contributed by atoms with van der Waals surface area (Å²) in [6.07, 6.45) is 4.71. The van der Waals surface area contributed by atoms with E-state index in [1.165, 1.54) is 24.2 Å². The van der Waals surface area contributed by atoms with Crippen LogP contribution in [0.5, 0.6) is 6.01 Å². The van der Waals surface area contributed by atoms with Gasteiger partial charge in [0.1, 0.15) is 5.82 Å². The number of hydrogen-bond donors (Lipinski definition) is 0. The van der Waals surface area contributed by atoms with Gasteiger partial charge < -0.3 is 9.64 Å². The average Bonchev–Trinajstić information content (AvgIpc) is 2.95. The second kappa shape index (κ2) is 7.04. The highest BCUT2D eigenvalue weighted by atomic mass is 16.5. The van der Waals surface area contributed by atoms with Crippen molar-refractivity contribution in [1.29, 1.82) is 0 Å². The highest BCUT2D eigenvalue weighted by Gasteiger charge is 2.29. The second-order valence-corrected chi connectivity index (χ2v) is 6.06. The van der Waals surface area contributed by atoms with Crippen molar-refractivity contribution in [2.75, 3.05) is 20.2 Å². The van der Waals surface area contributed by atoms with Crippen LogP contribution in [0.2, 0.25) is 0 Å². The predicted octanol–water partition coefficient (Wildman–Crippen LogP) is 0.420. The van der Waals surface area contributed by atoms with Gasteiger partial charge in [-0.25, -0.2) is 19.4 Å². The van der Waals surface area contributed by atoms with Gasteiger partial charge in [0, 0.05) is 45.0 Å². The molecule has 134 valence electrons. The van der Waals surface area contributed by atoms with Crippen LogP contribution in [-0.4, -0.2) is 55.3 Å². The minimum Gasteiger partial charge on any atom is -0.467 e. The summed E-state index contributed by atoms with van der Waals surface area (Å²) in [7, 11) is 3.13. The number of ether oxygens (including phenoxy) is 1. The molecule has 9 nitrogen and oxygen atoms in total. The Balaban J connectivity index is 1.80. The summed E-state index contributed by atoms with van der Waals surface area (Å²) in [5.41, 5.74) is 0.305. The number of aromatic nitrogens is 5. The molecule has 3 heterocycles. The van der Waals surface area contributed by atoms with Gasteiger partial charge in [-0.2, -0.15) is 5.10 Å². The van der Waals surface area contributed by atoms with Crippen molar-refractivity contribution in [1.82, 2.24) is 29.2 Å². The maximum Gasteiger partial charge on any atom is 0.345 e. The molecule has 1 aliphatic rings. The third-order valence-electron chi connectivity index (χ3n) is 4.48. The summed E-state index contributed by atoms with van der Waals surface area (Å²) in [6, 6.07) is 0.230. The number of nitrogens with zero attached hydrogens (tertiary/aromatic N) is 6. The molecule has 0 saturated carbocycles. The molecular weight excluding hydrogens is 324 g/mol. The fourth-order valence-electron chi connectivity index (χ4n) is 3.21. The topological polar surface area (TPSA) is 95.1 Å². The van der Waals surface area contributed by atoms with Crippen LogP contribution in [-0.2, 0) is 13.6 Å². The number of methoxy groups -OCH3 is 1. The lowest BCUT2D eigenvalue weighted by Crippen LogP contribution is -2.40. The lowest BCUT2D eigenvalue weighted by atomic mass is 9.96. The van der Waals surface area contributed by atoms with Crippen LogP contribution in [0, 0.1) is 0 Å². The van der Waals surface area contributed by atoms with Gasteiger partial charge in [0.15, 0.2) is 0 Å². The molecule has 1 saturated heterocycles. The molecule has 0 aliphatic carbocycles. The molecule has 3 rings (SSSR count). The first-order valence-electron chi connectivity index (χ1n) is 8.34. The van der Waals surface area contributed by atoms with Crippen LogP contribution in [0.3, 0.4) is 0 Å². The number of carbonyl (C=O) groups excluding carboxylic acids is 1. The maximum atomic E-state index is 12.7. The fourth-order valence-corrected chi connectivity index (χ4v) is 3.21. The minimum atomic E-state index is -0.121. The summed E-state index contributed by atoms with van der Waals surface area (Å²) in [5, 5.41) is 4.38. The van der Waals surface area contributed by atoms with Crippen LogP contribution < -0.4 is 10.4 Å². The van der Waals surface area contributed by atoms with Crippen molar-refractivity contribution in [3.8, 4) is 6.01 Å². The van der Waals surface area contributed by atoms with E-state index in [1.807, 2.05) is 6.92 Å². The molecule has 0 unspecified atom stereocenters. The number of piperidine rings is 1. The van der Waals surface area contributed by atoms with Crippen molar-refractivity contribution < 1.29 is 9.53 Å². The van der Waals surface area contributed by atoms with E-state index < -0.39 is 0 Å². The molecule has 2 aromatic heterocycles. The van der Waals surface area contributed by atoms with Crippen molar-refractivity contribution in [2.45, 2.75) is 32.2 Å². The number of amides is 1. The number of aryl methyl sites for hydroxylation is 1. The molecule has 1 fully saturated rings. The molecule has 0 N–H and O–H groups in total. The molecule has 0 spiro atoms. The average molecular weight is 346 g/mol. The van der Waals surface area contributed by atoms with Gasteiger partial charge in [-0.3, -0.25) is 9.36 Å². The molecule has 9 heteroatoms. The van der Waals surface area contributed by atoms with Crippen molar-refractivity contribution >= 4 is 5.91 Å². The predicted molar refractivity (Wildman–Crippen MR) is 89.6 cm³/mol. The molecule has 1 amide bonds. The van der Waals surface area contributed by atoms with E-state index in [2.05, 4.69) is 15.1 Å². The molecule has 0 radical (unpaired) electrons. The van der Waals surface area contributed by atoms with Gasteiger partial charge >= 0.3 is 11.7 Å². The van der Waals surface area contributed by atoms with Gasteiger partial charge in [-0.1, -0.05) is 0 Å². The largest absolute Gasteiger partial charge is 0.467 e. The SMILES string of the molecule is CCn1c([C@@H]2CCCN(C(=O)c3cnc(OC)nc3)C2)nn(C)c1=O. The quantitative estimate of drug-likeness (QED) is 0.796. The Morgan fingerprint density at radius 3 is 2.72 bits per heavy atom. The van der Waals surface area contributed by atoms with E-state index in [0.717, 1.165) is 18.7 Å². The fraction of sp³-hybridized carbons (Fsp3) is 0.562. The van der Waals surface area contributed by atoms with Gasteiger partial charge in [-0.15, -0.1) is 0 Å². The lowest BCUT2D eigenvalue weighted by Gasteiger charge is -2.32. The van der Waals surface area contributed by atoms with Gasteiger partial charge in [0.05, 0.1) is 12.7 Å². The van der Waals surface area contributed by atoms with E-state index in [-0.39, 0.29) is 23.5 Å². The van der Waals surface area contributed by atoms with Crippen LogP contribution >= 0.6 is 0 Å². The van der Waals surface area contributed by atoms with Crippen molar-refractivity contribution in [3.63, 3.8) is 0 Å². The molecule has 0 bridgehead atoms. The minimum absolute atomic E-state index is 0.0470.